The number of halogens is 3. The second kappa shape index (κ2) is 9.10. The van der Waals surface area contributed by atoms with Crippen molar-refractivity contribution in [2.45, 2.75) is 0 Å². The molecule has 2 aromatic carbocycles. The van der Waals surface area contributed by atoms with E-state index < -0.39 is 22.3 Å². The first-order chi connectivity index (χ1) is 12.3. The Morgan fingerprint density at radius 2 is 1.96 bits per heavy atom. The lowest BCUT2D eigenvalue weighted by Gasteiger charge is -2.09. The summed E-state index contributed by atoms with van der Waals surface area (Å²) in [5.74, 6) is -0.633. The van der Waals surface area contributed by atoms with E-state index >= 15 is 0 Å². The van der Waals surface area contributed by atoms with Gasteiger partial charge in [0.1, 0.15) is 5.75 Å². The molecule has 0 saturated carbocycles. The number of aromatic hydroxyl groups is 1. The third kappa shape index (κ3) is 5.26. The molecule has 0 aliphatic rings. The Morgan fingerprint density at radius 3 is 2.58 bits per heavy atom. The topological polar surface area (TPSA) is 114 Å². The zero-order valence-electron chi connectivity index (χ0n) is 12.8. The van der Waals surface area contributed by atoms with Gasteiger partial charge in [0.05, 0.1) is 20.1 Å². The molecule has 0 unspecified atom stereocenters. The van der Waals surface area contributed by atoms with Gasteiger partial charge in [0, 0.05) is 16.1 Å². The molecule has 0 aromatic heterocycles. The zero-order valence-corrected chi connectivity index (χ0v) is 17.5. The second-order valence-corrected chi connectivity index (χ2v) is 7.38. The average Bonchev–Trinajstić information content (AvgIpc) is 2.55. The molecular formula is C15H10Br3N3O5. The van der Waals surface area contributed by atoms with Gasteiger partial charge in [-0.15, -0.1) is 0 Å². The minimum Gasteiger partial charge on any atom is -0.502 e. The van der Waals surface area contributed by atoms with Crippen LogP contribution in [0.3, 0.4) is 0 Å². The number of rotatable bonds is 6. The molecule has 0 bridgehead atoms. The van der Waals surface area contributed by atoms with Crippen molar-refractivity contribution in [1.82, 2.24) is 5.43 Å². The normalized spacial score (nSPS) is 10.7. The lowest BCUT2D eigenvalue weighted by Crippen LogP contribution is -2.24. The lowest BCUT2D eigenvalue weighted by molar-refractivity contribution is -0.385. The smallest absolute Gasteiger partial charge is 0.311 e. The van der Waals surface area contributed by atoms with Gasteiger partial charge in [-0.25, -0.2) is 5.43 Å². The third-order valence-electron chi connectivity index (χ3n) is 2.95. The van der Waals surface area contributed by atoms with Crippen LogP contribution in [-0.2, 0) is 4.79 Å². The van der Waals surface area contributed by atoms with Crippen molar-refractivity contribution in [1.29, 1.82) is 0 Å². The number of nitrogens with zero attached hydrogens (tertiary/aromatic N) is 2. The summed E-state index contributed by atoms with van der Waals surface area (Å²) in [4.78, 5) is 21.8. The van der Waals surface area contributed by atoms with E-state index in [0.29, 0.717) is 14.7 Å². The summed E-state index contributed by atoms with van der Waals surface area (Å²) in [5.41, 5.74) is 1.86. The minimum absolute atomic E-state index is 0.0961. The number of nitro benzene ring substituents is 1. The number of hydrogen-bond acceptors (Lipinski definition) is 6. The van der Waals surface area contributed by atoms with E-state index in [4.69, 9.17) is 4.74 Å². The first-order valence-corrected chi connectivity index (χ1v) is 9.23. The number of benzene rings is 2. The van der Waals surface area contributed by atoms with Gasteiger partial charge in [-0.05, 0) is 50.1 Å². The molecule has 0 aliphatic heterocycles. The van der Waals surface area contributed by atoms with Crippen molar-refractivity contribution in [2.75, 3.05) is 6.61 Å². The SMILES string of the molecule is O=C(COc1c(Br)cc(Br)cc1Br)NN=Cc1cccc([N+](=O)[O-])c1O. The fourth-order valence-electron chi connectivity index (χ4n) is 1.81. The number of amides is 1. The quantitative estimate of drug-likeness (QED) is 0.318. The summed E-state index contributed by atoms with van der Waals surface area (Å²) in [6, 6.07) is 7.51. The van der Waals surface area contributed by atoms with E-state index in [-0.39, 0.29) is 12.2 Å². The van der Waals surface area contributed by atoms with Crippen LogP contribution < -0.4 is 10.2 Å². The van der Waals surface area contributed by atoms with Crippen LogP contribution in [-0.4, -0.2) is 28.8 Å². The molecule has 8 nitrogen and oxygen atoms in total. The van der Waals surface area contributed by atoms with Crippen LogP contribution in [0.15, 0.2) is 48.9 Å². The van der Waals surface area contributed by atoms with E-state index in [2.05, 4.69) is 58.3 Å². The van der Waals surface area contributed by atoms with E-state index in [1.54, 1.807) is 12.1 Å². The maximum atomic E-state index is 11.8. The fraction of sp³-hybridized carbons (Fsp3) is 0.0667. The van der Waals surface area contributed by atoms with Crippen LogP contribution in [0.25, 0.3) is 0 Å². The minimum atomic E-state index is -0.715. The summed E-state index contributed by atoms with van der Waals surface area (Å²) >= 11 is 9.98. The molecule has 0 heterocycles. The number of hydrazone groups is 1. The Bertz CT molecular complexity index is 866. The van der Waals surface area contributed by atoms with Crippen molar-refractivity contribution in [3.63, 3.8) is 0 Å². The number of carbonyl (C=O) groups excluding carboxylic acids is 1. The number of phenolic OH excluding ortho intramolecular Hbond substituents is 1. The van der Waals surface area contributed by atoms with E-state index in [9.17, 15) is 20.0 Å². The number of para-hydroxylation sites is 1. The Kier molecular flexibility index (Phi) is 7.12. The molecule has 2 rings (SSSR count). The van der Waals surface area contributed by atoms with Gasteiger partial charge in [-0.2, -0.15) is 5.10 Å². The standard InChI is InChI=1S/C15H10Br3N3O5/c16-9-4-10(17)15(11(18)5-9)26-7-13(22)20-19-6-8-2-1-3-12(14(8)23)21(24)25/h1-6,23H,7H2,(H,20,22). The summed E-state index contributed by atoms with van der Waals surface area (Å²) in [7, 11) is 0. The Balaban J connectivity index is 1.97. The van der Waals surface area contributed by atoms with Crippen LogP contribution in [0.2, 0.25) is 0 Å². The highest BCUT2D eigenvalue weighted by atomic mass is 79.9. The molecule has 0 aliphatic carbocycles. The van der Waals surface area contributed by atoms with Crippen molar-refractivity contribution in [3.05, 3.63) is 59.4 Å². The van der Waals surface area contributed by atoms with Gasteiger partial charge in [-0.1, -0.05) is 22.0 Å². The highest BCUT2D eigenvalue weighted by molar-refractivity contribution is 9.11. The summed E-state index contributed by atoms with van der Waals surface area (Å²) in [6.45, 7) is -0.308. The van der Waals surface area contributed by atoms with Crippen LogP contribution in [0, 0.1) is 10.1 Å². The first kappa shape index (κ1) is 20.3. The average molecular weight is 552 g/mol. The number of nitro groups is 1. The lowest BCUT2D eigenvalue weighted by atomic mass is 10.2. The van der Waals surface area contributed by atoms with Gasteiger partial charge < -0.3 is 9.84 Å². The van der Waals surface area contributed by atoms with Crippen molar-refractivity contribution < 1.29 is 19.6 Å². The fourth-order valence-corrected chi connectivity index (χ4v) is 4.30. The first-order valence-electron chi connectivity index (χ1n) is 6.85. The van der Waals surface area contributed by atoms with Gasteiger partial charge >= 0.3 is 5.69 Å². The molecule has 0 fully saturated rings. The number of ether oxygens (including phenoxy) is 1. The summed E-state index contributed by atoms with van der Waals surface area (Å²) in [6.07, 6.45) is 1.10. The maximum absolute atomic E-state index is 11.8. The summed E-state index contributed by atoms with van der Waals surface area (Å²) < 4.78 is 7.55. The molecule has 0 radical (unpaired) electrons. The van der Waals surface area contributed by atoms with Crippen molar-refractivity contribution >= 4 is 65.6 Å². The van der Waals surface area contributed by atoms with E-state index in [0.717, 1.165) is 16.8 Å². The molecule has 0 atom stereocenters. The Hall–Kier alpha value is -1.98. The zero-order chi connectivity index (χ0) is 19.3. The largest absolute Gasteiger partial charge is 0.502 e. The molecule has 11 heteroatoms. The molecule has 2 aromatic rings. The van der Waals surface area contributed by atoms with Crippen molar-refractivity contribution in [2.24, 2.45) is 5.10 Å². The van der Waals surface area contributed by atoms with Gasteiger partial charge in [0.15, 0.2) is 6.61 Å². The summed E-state index contributed by atoms with van der Waals surface area (Å²) in [5, 5.41) is 24.2. The maximum Gasteiger partial charge on any atom is 0.311 e. The highest BCUT2D eigenvalue weighted by Crippen LogP contribution is 2.36. The molecule has 136 valence electrons. The van der Waals surface area contributed by atoms with Gasteiger partial charge in [0.25, 0.3) is 5.91 Å². The monoisotopic (exact) mass is 549 g/mol. The molecular weight excluding hydrogens is 542 g/mol. The molecule has 26 heavy (non-hydrogen) atoms. The number of carbonyl (C=O) groups is 1. The number of phenols is 1. The molecule has 2 N–H and O–H groups in total. The number of hydrogen-bond donors (Lipinski definition) is 2. The van der Waals surface area contributed by atoms with Gasteiger partial charge in [-0.3, -0.25) is 14.9 Å². The van der Waals surface area contributed by atoms with E-state index in [1.807, 2.05) is 0 Å². The second-order valence-electron chi connectivity index (χ2n) is 4.75. The van der Waals surface area contributed by atoms with E-state index in [1.165, 1.54) is 12.1 Å². The molecule has 0 saturated heterocycles. The molecule has 1 amide bonds. The third-order valence-corrected chi connectivity index (χ3v) is 4.58. The Morgan fingerprint density at radius 1 is 1.31 bits per heavy atom. The Labute approximate surface area is 172 Å². The predicted octanol–water partition coefficient (Wildman–Crippen LogP) is 4.12. The van der Waals surface area contributed by atoms with Crippen LogP contribution >= 0.6 is 47.8 Å². The predicted molar refractivity (Wildman–Crippen MR) is 106 cm³/mol. The van der Waals surface area contributed by atoms with Crippen LogP contribution in [0.4, 0.5) is 5.69 Å². The highest BCUT2D eigenvalue weighted by Gasteiger charge is 2.15. The van der Waals surface area contributed by atoms with Gasteiger partial charge in [0.2, 0.25) is 5.75 Å². The van der Waals surface area contributed by atoms with Crippen LogP contribution in [0.1, 0.15) is 5.56 Å². The van der Waals surface area contributed by atoms with Crippen LogP contribution in [0.5, 0.6) is 11.5 Å². The van der Waals surface area contributed by atoms with Crippen molar-refractivity contribution in [3.8, 4) is 11.5 Å². The number of nitrogens with one attached hydrogen (secondary N) is 1. The molecule has 0 spiro atoms.